The predicted molar refractivity (Wildman–Crippen MR) is 75.1 cm³/mol. The highest BCUT2D eigenvalue weighted by molar-refractivity contribution is 9.09. The number of rotatable bonds is 2. The van der Waals surface area contributed by atoms with Crippen molar-refractivity contribution >= 4 is 21.8 Å². The van der Waals surface area contributed by atoms with Crippen molar-refractivity contribution in [1.29, 1.82) is 0 Å². The molecule has 0 aromatic heterocycles. The maximum absolute atomic E-state index is 13.2. The number of phenolic OH excluding ortho intramolecular Hbond substituents is 1. The van der Waals surface area contributed by atoms with Crippen LogP contribution in [0, 0.1) is 11.7 Å². The van der Waals surface area contributed by atoms with Gasteiger partial charge in [0.2, 0.25) is 0 Å². The fraction of sp³-hybridized carbons (Fsp3) is 0.500. The molecule has 1 N–H and O–H groups in total. The zero-order valence-electron chi connectivity index (χ0n) is 10.8. The molecular formula is C14H17BrFNO2. The van der Waals surface area contributed by atoms with Crippen LogP contribution in [0.2, 0.25) is 0 Å². The molecule has 0 bridgehead atoms. The Bertz CT molecular complexity index is 471. The number of carbonyl (C=O) groups is 1. The Hall–Kier alpha value is -1.10. The first-order valence-corrected chi connectivity index (χ1v) is 7.32. The molecule has 0 saturated carbocycles. The van der Waals surface area contributed by atoms with Gasteiger partial charge in [-0.05, 0) is 37.0 Å². The van der Waals surface area contributed by atoms with Crippen LogP contribution < -0.4 is 0 Å². The van der Waals surface area contributed by atoms with E-state index >= 15 is 0 Å². The van der Waals surface area contributed by atoms with E-state index < -0.39 is 5.82 Å². The van der Waals surface area contributed by atoms with E-state index in [4.69, 9.17) is 0 Å². The van der Waals surface area contributed by atoms with Crippen LogP contribution in [0.25, 0.3) is 0 Å². The van der Waals surface area contributed by atoms with Gasteiger partial charge in [0.25, 0.3) is 5.91 Å². The first kappa shape index (κ1) is 14.3. The number of piperidine rings is 1. The molecule has 1 unspecified atom stereocenters. The van der Waals surface area contributed by atoms with Crippen LogP contribution in [0.15, 0.2) is 18.2 Å². The molecule has 1 aromatic rings. The van der Waals surface area contributed by atoms with Crippen molar-refractivity contribution in [2.45, 2.75) is 24.6 Å². The minimum Gasteiger partial charge on any atom is -0.507 e. The van der Waals surface area contributed by atoms with Crippen LogP contribution in [0.3, 0.4) is 0 Å². The lowest BCUT2D eigenvalue weighted by atomic mass is 9.94. The lowest BCUT2D eigenvalue weighted by Crippen LogP contribution is -2.40. The zero-order chi connectivity index (χ0) is 14.0. The Balaban J connectivity index is 2.07. The van der Waals surface area contributed by atoms with Gasteiger partial charge in [0.15, 0.2) is 0 Å². The summed E-state index contributed by atoms with van der Waals surface area (Å²) in [4.78, 5) is 14.4. The number of hydrogen-bond donors (Lipinski definition) is 1. The van der Waals surface area contributed by atoms with E-state index in [-0.39, 0.29) is 17.2 Å². The normalized spacial score (nSPS) is 18.4. The van der Waals surface area contributed by atoms with E-state index in [0.29, 0.717) is 23.8 Å². The van der Waals surface area contributed by atoms with E-state index in [0.717, 1.165) is 25.0 Å². The number of phenols is 1. The van der Waals surface area contributed by atoms with Gasteiger partial charge in [0.05, 0.1) is 5.56 Å². The molecule has 5 heteroatoms. The molecule has 0 radical (unpaired) electrons. The minimum absolute atomic E-state index is 0.0466. The van der Waals surface area contributed by atoms with Crippen LogP contribution >= 0.6 is 15.9 Å². The quantitative estimate of drug-likeness (QED) is 0.846. The maximum atomic E-state index is 13.2. The second-order valence-electron chi connectivity index (χ2n) is 4.97. The van der Waals surface area contributed by atoms with Crippen molar-refractivity contribution in [2.75, 3.05) is 13.1 Å². The van der Waals surface area contributed by atoms with E-state index in [9.17, 15) is 14.3 Å². The molecule has 1 atom stereocenters. The number of aromatic hydroxyl groups is 1. The average Bonchev–Trinajstić information content (AvgIpc) is 2.41. The van der Waals surface area contributed by atoms with Crippen molar-refractivity contribution in [3.63, 3.8) is 0 Å². The van der Waals surface area contributed by atoms with Crippen LogP contribution in [0.1, 0.15) is 30.1 Å². The summed E-state index contributed by atoms with van der Waals surface area (Å²) in [6.07, 6.45) is 1.85. The number of halogens is 2. The number of amides is 1. The number of alkyl halides is 1. The average molecular weight is 330 g/mol. The SMILES string of the molecule is CC(Br)C1CCN(C(=O)c2cc(F)ccc2O)CC1. The van der Waals surface area contributed by atoms with Gasteiger partial charge >= 0.3 is 0 Å². The first-order valence-electron chi connectivity index (χ1n) is 6.41. The molecule has 19 heavy (non-hydrogen) atoms. The van der Waals surface area contributed by atoms with Gasteiger partial charge in [0, 0.05) is 17.9 Å². The minimum atomic E-state index is -0.509. The van der Waals surface area contributed by atoms with Crippen molar-refractivity contribution in [1.82, 2.24) is 4.90 Å². The fourth-order valence-electron chi connectivity index (χ4n) is 2.41. The van der Waals surface area contributed by atoms with Crippen molar-refractivity contribution in [2.24, 2.45) is 5.92 Å². The number of nitrogens with zero attached hydrogens (tertiary/aromatic N) is 1. The Kier molecular flexibility index (Phi) is 4.45. The standard InChI is InChI=1S/C14H17BrFNO2/c1-9(15)10-4-6-17(7-5-10)14(19)12-8-11(16)2-3-13(12)18/h2-3,8-10,18H,4-7H2,1H3. The van der Waals surface area contributed by atoms with Gasteiger partial charge in [-0.15, -0.1) is 0 Å². The molecule has 1 saturated heterocycles. The van der Waals surface area contributed by atoms with Gasteiger partial charge in [-0.2, -0.15) is 0 Å². The summed E-state index contributed by atoms with van der Waals surface area (Å²) in [6.45, 7) is 3.41. The summed E-state index contributed by atoms with van der Waals surface area (Å²) >= 11 is 3.57. The number of hydrogen-bond acceptors (Lipinski definition) is 2. The zero-order valence-corrected chi connectivity index (χ0v) is 12.4. The van der Waals surface area contributed by atoms with Crippen molar-refractivity contribution < 1.29 is 14.3 Å². The molecule has 0 aliphatic carbocycles. The molecule has 1 fully saturated rings. The summed E-state index contributed by atoms with van der Waals surface area (Å²) < 4.78 is 13.2. The van der Waals surface area contributed by atoms with Crippen molar-refractivity contribution in [3.8, 4) is 5.75 Å². The molecule has 1 heterocycles. The van der Waals surface area contributed by atoms with Crippen LogP contribution in [0.5, 0.6) is 5.75 Å². The molecule has 104 valence electrons. The third kappa shape index (κ3) is 3.26. The van der Waals surface area contributed by atoms with Crippen LogP contribution in [-0.2, 0) is 0 Å². The highest BCUT2D eigenvalue weighted by Crippen LogP contribution is 2.27. The van der Waals surface area contributed by atoms with Gasteiger partial charge < -0.3 is 10.0 Å². The lowest BCUT2D eigenvalue weighted by molar-refractivity contribution is 0.0688. The van der Waals surface area contributed by atoms with Gasteiger partial charge in [-0.3, -0.25) is 4.79 Å². The second kappa shape index (κ2) is 5.90. The first-order chi connectivity index (χ1) is 8.99. The van der Waals surface area contributed by atoms with Gasteiger partial charge in [0.1, 0.15) is 11.6 Å². The molecule has 1 aromatic carbocycles. The third-order valence-electron chi connectivity index (χ3n) is 3.67. The predicted octanol–water partition coefficient (Wildman–Crippen LogP) is 3.17. The molecule has 3 nitrogen and oxygen atoms in total. The third-order valence-corrected chi connectivity index (χ3v) is 4.41. The molecule has 1 amide bonds. The van der Waals surface area contributed by atoms with E-state index in [1.165, 1.54) is 6.07 Å². The van der Waals surface area contributed by atoms with E-state index in [1.54, 1.807) is 4.90 Å². The van der Waals surface area contributed by atoms with Crippen molar-refractivity contribution in [3.05, 3.63) is 29.6 Å². The molecule has 2 rings (SSSR count). The summed E-state index contributed by atoms with van der Waals surface area (Å²) in [5.41, 5.74) is 0.0466. The highest BCUT2D eigenvalue weighted by Gasteiger charge is 2.27. The molecule has 0 spiro atoms. The van der Waals surface area contributed by atoms with E-state index in [1.807, 2.05) is 0 Å². The van der Waals surface area contributed by atoms with E-state index in [2.05, 4.69) is 22.9 Å². The number of benzene rings is 1. The Morgan fingerprint density at radius 3 is 2.68 bits per heavy atom. The van der Waals surface area contributed by atoms with Gasteiger partial charge in [-0.25, -0.2) is 4.39 Å². The van der Waals surface area contributed by atoms with Gasteiger partial charge in [-0.1, -0.05) is 22.9 Å². The van der Waals surface area contributed by atoms with Crippen LogP contribution in [0.4, 0.5) is 4.39 Å². The van der Waals surface area contributed by atoms with Crippen LogP contribution in [-0.4, -0.2) is 33.8 Å². The Morgan fingerprint density at radius 1 is 1.47 bits per heavy atom. The molecule has 1 aliphatic heterocycles. The highest BCUT2D eigenvalue weighted by atomic mass is 79.9. The fourth-order valence-corrected chi connectivity index (χ4v) is 2.94. The second-order valence-corrected chi connectivity index (χ2v) is 6.41. The summed E-state index contributed by atoms with van der Waals surface area (Å²) in [5.74, 6) is -0.407. The summed E-state index contributed by atoms with van der Waals surface area (Å²) in [6, 6.07) is 3.46. The smallest absolute Gasteiger partial charge is 0.257 e. The summed E-state index contributed by atoms with van der Waals surface area (Å²) in [5, 5.41) is 9.65. The topological polar surface area (TPSA) is 40.5 Å². The Labute approximate surface area is 120 Å². The lowest BCUT2D eigenvalue weighted by Gasteiger charge is -2.33. The Morgan fingerprint density at radius 2 is 2.11 bits per heavy atom. The maximum Gasteiger partial charge on any atom is 0.257 e. The molecule has 1 aliphatic rings. The monoisotopic (exact) mass is 329 g/mol. The summed E-state index contributed by atoms with van der Waals surface area (Å²) in [7, 11) is 0. The number of carbonyl (C=O) groups excluding carboxylic acids is 1. The molecular weight excluding hydrogens is 313 g/mol. The number of likely N-dealkylation sites (tertiary alicyclic amines) is 1. The largest absolute Gasteiger partial charge is 0.507 e.